The van der Waals surface area contributed by atoms with Crippen molar-refractivity contribution in [3.8, 4) is 11.1 Å². The van der Waals surface area contributed by atoms with Crippen LogP contribution in [0, 0.1) is 0 Å². The Hall–Kier alpha value is -3.61. The van der Waals surface area contributed by atoms with Crippen LogP contribution in [-0.2, 0) is 35.3 Å². The molecule has 7 heteroatoms. The van der Waals surface area contributed by atoms with Gasteiger partial charge in [-0.25, -0.2) is 0 Å². The molecule has 0 fully saturated rings. The molecule has 4 nitrogen and oxygen atoms in total. The number of halogens is 3. The first kappa shape index (κ1) is 22.1. The zero-order chi connectivity index (χ0) is 22.3. The molecule has 0 aliphatic rings. The summed E-state index contributed by atoms with van der Waals surface area (Å²) in [5, 5.41) is 12.7. The number of oxime groups is 1. The Labute approximate surface area is 177 Å². The minimum atomic E-state index is -4.39. The smallest absolute Gasteiger partial charge is 0.416 e. The number of hydrogen-bond acceptors (Lipinski definition) is 3. The molecule has 0 aliphatic carbocycles. The fourth-order valence-corrected chi connectivity index (χ4v) is 3.01. The van der Waals surface area contributed by atoms with Crippen molar-refractivity contribution in [2.75, 3.05) is 0 Å². The molecular formula is C24H20F3NO3. The zero-order valence-corrected chi connectivity index (χ0v) is 16.5. The third-order valence-electron chi connectivity index (χ3n) is 4.53. The Morgan fingerprint density at radius 3 is 2.32 bits per heavy atom. The van der Waals surface area contributed by atoms with Crippen LogP contribution >= 0.6 is 0 Å². The summed E-state index contributed by atoms with van der Waals surface area (Å²) in [6.45, 7) is -0.0496. The van der Waals surface area contributed by atoms with Gasteiger partial charge in [0.2, 0.25) is 0 Å². The van der Waals surface area contributed by atoms with Crippen molar-refractivity contribution in [2.24, 2.45) is 5.16 Å². The summed E-state index contributed by atoms with van der Waals surface area (Å²) in [6, 6.07) is 20.1. The van der Waals surface area contributed by atoms with Crippen LogP contribution in [0.15, 0.2) is 78.0 Å². The fraction of sp³-hybridized carbons (Fsp3) is 0.167. The first-order valence-electron chi connectivity index (χ1n) is 9.51. The number of alkyl halides is 3. The van der Waals surface area contributed by atoms with Gasteiger partial charge in [-0.3, -0.25) is 4.79 Å². The van der Waals surface area contributed by atoms with Gasteiger partial charge in [-0.05, 0) is 39.9 Å². The van der Waals surface area contributed by atoms with Crippen LogP contribution < -0.4 is 0 Å². The van der Waals surface area contributed by atoms with Crippen molar-refractivity contribution in [3.05, 3.63) is 95.1 Å². The number of hydrogen-bond donors (Lipinski definition) is 1. The van der Waals surface area contributed by atoms with Gasteiger partial charge >= 0.3 is 12.1 Å². The quantitative estimate of drug-likeness (QED) is 0.368. The molecular weight excluding hydrogens is 407 g/mol. The first-order valence-corrected chi connectivity index (χ1v) is 9.51. The maximum absolute atomic E-state index is 12.7. The first-order chi connectivity index (χ1) is 14.8. The molecule has 1 N–H and O–H groups in total. The van der Waals surface area contributed by atoms with Gasteiger partial charge in [0.05, 0.1) is 12.0 Å². The van der Waals surface area contributed by atoms with E-state index in [1.165, 1.54) is 6.07 Å². The molecule has 0 heterocycles. The third-order valence-corrected chi connectivity index (χ3v) is 4.53. The maximum Gasteiger partial charge on any atom is 0.416 e. The fourth-order valence-electron chi connectivity index (χ4n) is 3.01. The van der Waals surface area contributed by atoms with E-state index in [4.69, 9.17) is 9.94 Å². The van der Waals surface area contributed by atoms with Gasteiger partial charge in [-0.15, -0.1) is 0 Å². The van der Waals surface area contributed by atoms with Crippen molar-refractivity contribution in [3.63, 3.8) is 0 Å². The van der Waals surface area contributed by atoms with Gasteiger partial charge in [-0.1, -0.05) is 65.8 Å². The van der Waals surface area contributed by atoms with E-state index in [-0.39, 0.29) is 13.0 Å². The molecule has 0 amide bonds. The Morgan fingerprint density at radius 2 is 1.61 bits per heavy atom. The average Bonchev–Trinajstić information content (AvgIpc) is 2.73. The minimum Gasteiger partial charge on any atom is -0.481 e. The Balaban J connectivity index is 1.53. The lowest BCUT2D eigenvalue weighted by Gasteiger charge is -2.08. The highest BCUT2D eigenvalue weighted by Crippen LogP contribution is 2.29. The summed E-state index contributed by atoms with van der Waals surface area (Å²) in [5.74, 6) is -0.873. The zero-order valence-electron chi connectivity index (χ0n) is 16.5. The van der Waals surface area contributed by atoms with E-state index in [0.717, 1.165) is 34.4 Å². The van der Waals surface area contributed by atoms with E-state index in [0.29, 0.717) is 12.0 Å². The number of nitrogens with zero attached hydrogens (tertiary/aromatic N) is 1. The summed E-state index contributed by atoms with van der Waals surface area (Å²) >= 11 is 0. The molecule has 3 aromatic carbocycles. The van der Waals surface area contributed by atoms with E-state index in [2.05, 4.69) is 5.16 Å². The van der Waals surface area contributed by atoms with Crippen LogP contribution in [0.25, 0.3) is 11.1 Å². The molecule has 0 saturated heterocycles. The van der Waals surface area contributed by atoms with Gasteiger partial charge in [-0.2, -0.15) is 13.2 Å². The summed E-state index contributed by atoms with van der Waals surface area (Å²) < 4.78 is 38.1. The lowest BCUT2D eigenvalue weighted by atomic mass is 10.0. The Morgan fingerprint density at radius 1 is 0.903 bits per heavy atom. The summed E-state index contributed by atoms with van der Waals surface area (Å²) in [7, 11) is 0. The highest BCUT2D eigenvalue weighted by molar-refractivity contribution is 5.72. The van der Waals surface area contributed by atoms with Crippen molar-refractivity contribution >= 4 is 12.2 Å². The van der Waals surface area contributed by atoms with Crippen LogP contribution in [0.5, 0.6) is 0 Å². The highest BCUT2D eigenvalue weighted by Gasteiger charge is 2.30. The SMILES string of the molecule is O=C(O)Cc1cccc(-c2ccc(CC=NOCc3cccc(C(F)(F)F)c3)cc2)c1. The van der Waals surface area contributed by atoms with Gasteiger partial charge in [0.25, 0.3) is 0 Å². The van der Waals surface area contributed by atoms with E-state index < -0.39 is 17.7 Å². The molecule has 160 valence electrons. The second kappa shape index (κ2) is 9.93. The normalized spacial score (nSPS) is 11.6. The summed E-state index contributed by atoms with van der Waals surface area (Å²) in [4.78, 5) is 16.0. The number of carboxylic acids is 1. The van der Waals surface area contributed by atoms with Crippen LogP contribution in [0.1, 0.15) is 22.3 Å². The number of aliphatic carboxylic acids is 1. The molecule has 0 atom stereocenters. The molecule has 3 aromatic rings. The second-order valence-electron chi connectivity index (χ2n) is 6.93. The molecule has 0 aromatic heterocycles. The second-order valence-corrected chi connectivity index (χ2v) is 6.93. The van der Waals surface area contributed by atoms with Crippen molar-refractivity contribution in [2.45, 2.75) is 25.6 Å². The van der Waals surface area contributed by atoms with Crippen LogP contribution in [0.2, 0.25) is 0 Å². The van der Waals surface area contributed by atoms with Crippen molar-refractivity contribution in [1.29, 1.82) is 0 Å². The van der Waals surface area contributed by atoms with Crippen LogP contribution in [0.3, 0.4) is 0 Å². The molecule has 0 spiro atoms. The minimum absolute atomic E-state index is 0.0249. The number of carbonyl (C=O) groups is 1. The van der Waals surface area contributed by atoms with E-state index in [1.807, 2.05) is 42.5 Å². The lowest BCUT2D eigenvalue weighted by molar-refractivity contribution is -0.138. The van der Waals surface area contributed by atoms with E-state index in [9.17, 15) is 18.0 Å². The third kappa shape index (κ3) is 6.70. The maximum atomic E-state index is 12.7. The summed E-state index contributed by atoms with van der Waals surface area (Å²) in [6.07, 6.45) is -2.36. The predicted molar refractivity (Wildman–Crippen MR) is 112 cm³/mol. The van der Waals surface area contributed by atoms with E-state index >= 15 is 0 Å². The monoisotopic (exact) mass is 427 g/mol. The van der Waals surface area contributed by atoms with Gasteiger partial charge in [0.15, 0.2) is 0 Å². The van der Waals surface area contributed by atoms with Crippen LogP contribution in [0.4, 0.5) is 13.2 Å². The standard InChI is InChI=1S/C24H20F3NO3/c25-24(26,27)22-6-2-4-19(14-22)16-31-28-12-11-17-7-9-20(10-8-17)21-5-1-3-18(13-21)15-23(29)30/h1-10,12-14H,11,15-16H2,(H,29,30). The van der Waals surface area contributed by atoms with Gasteiger partial charge < -0.3 is 9.94 Å². The average molecular weight is 427 g/mol. The van der Waals surface area contributed by atoms with Gasteiger partial charge in [0.1, 0.15) is 6.61 Å². The largest absolute Gasteiger partial charge is 0.481 e. The number of rotatable bonds is 8. The molecule has 0 saturated carbocycles. The Kier molecular flexibility index (Phi) is 7.07. The predicted octanol–water partition coefficient (Wildman–Crippen LogP) is 5.74. The molecule has 0 unspecified atom stereocenters. The molecule has 0 bridgehead atoms. The summed E-state index contributed by atoms with van der Waals surface area (Å²) in [5.41, 5.74) is 3.29. The molecule has 0 radical (unpaired) electrons. The number of carboxylic acid groups (broad SMARTS) is 1. The topological polar surface area (TPSA) is 58.9 Å². The molecule has 3 rings (SSSR count). The Bertz CT molecular complexity index is 1060. The highest BCUT2D eigenvalue weighted by atomic mass is 19.4. The number of benzene rings is 3. The van der Waals surface area contributed by atoms with Crippen molar-refractivity contribution in [1.82, 2.24) is 0 Å². The molecule has 31 heavy (non-hydrogen) atoms. The van der Waals surface area contributed by atoms with Gasteiger partial charge in [0, 0.05) is 12.6 Å². The van der Waals surface area contributed by atoms with Crippen LogP contribution in [-0.4, -0.2) is 17.3 Å². The van der Waals surface area contributed by atoms with E-state index in [1.54, 1.807) is 18.3 Å². The van der Waals surface area contributed by atoms with Crippen molar-refractivity contribution < 1.29 is 27.9 Å². The molecule has 0 aliphatic heterocycles. The lowest BCUT2D eigenvalue weighted by Crippen LogP contribution is -2.05.